The molecule has 5 nitrogen and oxygen atoms in total. The van der Waals surface area contributed by atoms with Gasteiger partial charge >= 0.3 is 0 Å². The van der Waals surface area contributed by atoms with E-state index in [4.69, 9.17) is 0 Å². The van der Waals surface area contributed by atoms with Crippen LogP contribution in [0.3, 0.4) is 0 Å². The van der Waals surface area contributed by atoms with Crippen molar-refractivity contribution in [1.82, 2.24) is 9.97 Å². The van der Waals surface area contributed by atoms with E-state index < -0.39 is 0 Å². The highest BCUT2D eigenvalue weighted by atomic mass is 16.2. The number of nitrogens with one attached hydrogen (secondary N) is 1. The number of aromatic nitrogens is 2. The number of fused-ring (bicyclic) bond motifs is 2. The van der Waals surface area contributed by atoms with Gasteiger partial charge in [-0.15, -0.1) is 0 Å². The van der Waals surface area contributed by atoms with Crippen molar-refractivity contribution in [3.8, 4) is 0 Å². The number of benzene rings is 1. The zero-order valence-corrected chi connectivity index (χ0v) is 10.3. The molecule has 0 saturated carbocycles. The van der Waals surface area contributed by atoms with Gasteiger partial charge in [-0.05, 0) is 24.3 Å². The van der Waals surface area contributed by atoms with E-state index in [1.807, 2.05) is 6.07 Å². The first kappa shape index (κ1) is 10.9. The number of pyridine rings is 1. The molecule has 0 bridgehead atoms. The van der Waals surface area contributed by atoms with Crippen LogP contribution in [0.4, 0.5) is 5.82 Å². The van der Waals surface area contributed by atoms with Crippen LogP contribution in [0.1, 0.15) is 20.7 Å². The van der Waals surface area contributed by atoms with Crippen LogP contribution in [-0.4, -0.2) is 21.8 Å². The van der Waals surface area contributed by atoms with Crippen LogP contribution in [0.15, 0.2) is 48.8 Å². The second-order valence-electron chi connectivity index (χ2n) is 4.60. The van der Waals surface area contributed by atoms with Crippen LogP contribution in [0.2, 0.25) is 0 Å². The fourth-order valence-corrected chi connectivity index (χ4v) is 2.46. The maximum atomic E-state index is 12.3. The summed E-state index contributed by atoms with van der Waals surface area (Å²) in [4.78, 5) is 33.0. The first-order valence-electron chi connectivity index (χ1n) is 6.16. The molecule has 2 amide bonds. The van der Waals surface area contributed by atoms with Crippen LogP contribution in [0, 0.1) is 0 Å². The predicted molar refractivity (Wildman–Crippen MR) is 73.7 cm³/mol. The molecule has 1 aliphatic rings. The van der Waals surface area contributed by atoms with Crippen molar-refractivity contribution in [2.45, 2.75) is 0 Å². The van der Waals surface area contributed by atoms with Crippen molar-refractivity contribution in [2.75, 3.05) is 4.90 Å². The molecule has 3 heterocycles. The third-order valence-electron chi connectivity index (χ3n) is 3.45. The maximum Gasteiger partial charge on any atom is 0.267 e. The highest BCUT2D eigenvalue weighted by Gasteiger charge is 2.37. The summed E-state index contributed by atoms with van der Waals surface area (Å²) in [6.45, 7) is 0. The molecule has 3 aromatic rings. The molecule has 20 heavy (non-hydrogen) atoms. The second kappa shape index (κ2) is 3.77. The highest BCUT2D eigenvalue weighted by Crippen LogP contribution is 2.28. The number of aromatic amines is 1. The molecule has 5 heteroatoms. The minimum absolute atomic E-state index is 0.326. The van der Waals surface area contributed by atoms with Gasteiger partial charge in [-0.25, -0.2) is 9.88 Å². The van der Waals surface area contributed by atoms with E-state index >= 15 is 0 Å². The zero-order valence-electron chi connectivity index (χ0n) is 10.3. The molecular formula is C15H9N3O2. The average Bonchev–Trinajstić information content (AvgIpc) is 3.03. The third kappa shape index (κ3) is 1.34. The van der Waals surface area contributed by atoms with Gasteiger partial charge in [0, 0.05) is 11.6 Å². The third-order valence-corrected chi connectivity index (χ3v) is 3.45. The summed E-state index contributed by atoms with van der Waals surface area (Å²) >= 11 is 0. The fraction of sp³-hybridized carbons (Fsp3) is 0. The standard InChI is InChI=1S/C15H9N3O2/c19-14-10-3-1-2-4-11(10)15(20)18(14)13-7-9-5-6-16-12(9)8-17-13/h1-8,16H. The van der Waals surface area contributed by atoms with Gasteiger partial charge in [0.2, 0.25) is 0 Å². The minimum atomic E-state index is -0.326. The van der Waals surface area contributed by atoms with Gasteiger partial charge in [0.1, 0.15) is 5.82 Å². The number of H-pyrrole nitrogens is 1. The van der Waals surface area contributed by atoms with Crippen molar-refractivity contribution >= 4 is 28.5 Å². The van der Waals surface area contributed by atoms with Crippen LogP contribution in [0.5, 0.6) is 0 Å². The molecule has 0 fully saturated rings. The normalized spacial score (nSPS) is 14.1. The number of hydrogen-bond acceptors (Lipinski definition) is 3. The Labute approximate surface area is 113 Å². The lowest BCUT2D eigenvalue weighted by atomic mass is 10.1. The fourth-order valence-electron chi connectivity index (χ4n) is 2.46. The van der Waals surface area contributed by atoms with Gasteiger partial charge in [-0.1, -0.05) is 12.1 Å². The molecule has 0 radical (unpaired) electrons. The molecule has 0 unspecified atom stereocenters. The first-order chi connectivity index (χ1) is 9.75. The Hall–Kier alpha value is -2.95. The van der Waals surface area contributed by atoms with Crippen molar-refractivity contribution < 1.29 is 9.59 Å². The highest BCUT2D eigenvalue weighted by molar-refractivity contribution is 6.34. The van der Waals surface area contributed by atoms with E-state index in [9.17, 15) is 9.59 Å². The molecule has 0 aliphatic carbocycles. The summed E-state index contributed by atoms with van der Waals surface area (Å²) in [5.74, 6) is -0.302. The molecule has 0 saturated heterocycles. The summed E-state index contributed by atoms with van der Waals surface area (Å²) in [6, 6.07) is 10.4. The van der Waals surface area contributed by atoms with Gasteiger partial charge in [-0.3, -0.25) is 9.59 Å². The Morgan fingerprint density at radius 1 is 1.00 bits per heavy atom. The molecule has 1 aromatic carbocycles. The molecule has 2 aromatic heterocycles. The average molecular weight is 263 g/mol. The van der Waals surface area contributed by atoms with Gasteiger partial charge < -0.3 is 4.98 Å². The topological polar surface area (TPSA) is 66.1 Å². The number of imide groups is 1. The Kier molecular flexibility index (Phi) is 2.06. The summed E-state index contributed by atoms with van der Waals surface area (Å²) in [5.41, 5.74) is 1.72. The van der Waals surface area contributed by atoms with Crippen molar-refractivity contribution in [2.24, 2.45) is 0 Å². The monoisotopic (exact) mass is 263 g/mol. The summed E-state index contributed by atoms with van der Waals surface area (Å²) in [5, 5.41) is 0.909. The van der Waals surface area contributed by atoms with E-state index in [1.165, 1.54) is 0 Å². The van der Waals surface area contributed by atoms with Gasteiger partial charge in [0.15, 0.2) is 0 Å². The lowest BCUT2D eigenvalue weighted by molar-refractivity contribution is 0.0925. The van der Waals surface area contributed by atoms with E-state index in [0.29, 0.717) is 16.9 Å². The number of nitrogens with zero attached hydrogens (tertiary/aromatic N) is 2. The number of hydrogen-bond donors (Lipinski definition) is 1. The molecule has 96 valence electrons. The molecule has 4 rings (SSSR count). The summed E-state index contributed by atoms with van der Waals surface area (Å²) in [6.07, 6.45) is 3.41. The van der Waals surface area contributed by atoms with Crippen LogP contribution in [0.25, 0.3) is 10.9 Å². The smallest absolute Gasteiger partial charge is 0.267 e. The quantitative estimate of drug-likeness (QED) is 0.685. The lowest BCUT2D eigenvalue weighted by Crippen LogP contribution is -2.30. The number of anilines is 1. The Balaban J connectivity index is 1.87. The molecule has 1 N–H and O–H groups in total. The maximum absolute atomic E-state index is 12.3. The van der Waals surface area contributed by atoms with Gasteiger partial charge in [0.05, 0.1) is 22.8 Å². The number of carbonyl (C=O) groups excluding carboxylic acids is 2. The number of carbonyl (C=O) groups is 2. The van der Waals surface area contributed by atoms with E-state index in [0.717, 1.165) is 15.8 Å². The predicted octanol–water partition coefficient (Wildman–Crippen LogP) is 2.36. The Morgan fingerprint density at radius 2 is 1.70 bits per heavy atom. The van der Waals surface area contributed by atoms with E-state index in [2.05, 4.69) is 9.97 Å². The first-order valence-corrected chi connectivity index (χ1v) is 6.16. The SMILES string of the molecule is O=C1c2ccccc2C(=O)N1c1cc2cc[nH]c2cn1. The van der Waals surface area contributed by atoms with Gasteiger partial charge in [0.25, 0.3) is 11.8 Å². The number of amides is 2. The van der Waals surface area contributed by atoms with Crippen molar-refractivity contribution in [3.63, 3.8) is 0 Å². The van der Waals surface area contributed by atoms with Crippen LogP contribution in [-0.2, 0) is 0 Å². The minimum Gasteiger partial charge on any atom is -0.360 e. The van der Waals surface area contributed by atoms with Gasteiger partial charge in [-0.2, -0.15) is 0 Å². The Morgan fingerprint density at radius 3 is 2.40 bits per heavy atom. The lowest BCUT2D eigenvalue weighted by Gasteiger charge is -2.12. The van der Waals surface area contributed by atoms with Crippen molar-refractivity contribution in [3.05, 3.63) is 59.9 Å². The molecule has 0 spiro atoms. The molecular weight excluding hydrogens is 254 g/mol. The number of rotatable bonds is 1. The summed E-state index contributed by atoms with van der Waals surface area (Å²) < 4.78 is 0. The molecule has 1 aliphatic heterocycles. The van der Waals surface area contributed by atoms with Crippen LogP contribution >= 0.6 is 0 Å². The van der Waals surface area contributed by atoms with E-state index in [-0.39, 0.29) is 11.8 Å². The Bertz CT molecular complexity index is 831. The van der Waals surface area contributed by atoms with Crippen molar-refractivity contribution in [1.29, 1.82) is 0 Å². The molecule has 0 atom stereocenters. The largest absolute Gasteiger partial charge is 0.360 e. The van der Waals surface area contributed by atoms with E-state index in [1.54, 1.807) is 42.7 Å². The van der Waals surface area contributed by atoms with Crippen LogP contribution < -0.4 is 4.90 Å². The second-order valence-corrected chi connectivity index (χ2v) is 4.60. The summed E-state index contributed by atoms with van der Waals surface area (Å²) in [7, 11) is 0. The zero-order chi connectivity index (χ0) is 13.7.